The van der Waals surface area contributed by atoms with E-state index in [1.165, 1.54) is 0 Å². The van der Waals surface area contributed by atoms with Crippen LogP contribution in [0.1, 0.15) is 5.56 Å². The second-order valence-corrected chi connectivity index (χ2v) is 3.91. The summed E-state index contributed by atoms with van der Waals surface area (Å²) in [6.07, 6.45) is 2.26. The Morgan fingerprint density at radius 2 is 2.18 bits per heavy atom. The number of carbonyl (C=O) groups excluding carboxylic acids is 1. The highest BCUT2D eigenvalue weighted by Gasteiger charge is 2.13. The predicted molar refractivity (Wildman–Crippen MR) is 67.5 cm³/mol. The number of nitrogens with zero attached hydrogens (tertiary/aromatic N) is 1. The lowest BCUT2D eigenvalue weighted by Crippen LogP contribution is -2.40. The van der Waals surface area contributed by atoms with Gasteiger partial charge in [0, 0.05) is 18.6 Å². The highest BCUT2D eigenvalue weighted by atomic mass is 16.2. The van der Waals surface area contributed by atoms with Gasteiger partial charge in [-0.3, -0.25) is 9.78 Å². The standard InChI is InChI=1S/C13H15N3O/c1-15-13(17)11(14)8-9-6-7-16-12-5-3-2-4-10(9)12/h2-7,11H,8,14H2,1H3,(H,15,17). The first-order chi connectivity index (χ1) is 8.22. The number of hydrogen-bond donors (Lipinski definition) is 2. The zero-order valence-electron chi connectivity index (χ0n) is 9.68. The quantitative estimate of drug-likeness (QED) is 0.820. The molecule has 1 amide bonds. The third-order valence-corrected chi connectivity index (χ3v) is 2.76. The molecule has 88 valence electrons. The van der Waals surface area contributed by atoms with Crippen LogP contribution in [-0.4, -0.2) is 24.0 Å². The van der Waals surface area contributed by atoms with Crippen LogP contribution in [-0.2, 0) is 11.2 Å². The maximum atomic E-state index is 11.4. The topological polar surface area (TPSA) is 68.0 Å². The molecule has 4 heteroatoms. The molecule has 1 unspecified atom stereocenters. The van der Waals surface area contributed by atoms with E-state index in [1.54, 1.807) is 13.2 Å². The fraction of sp³-hybridized carbons (Fsp3) is 0.231. The normalized spacial score (nSPS) is 12.4. The van der Waals surface area contributed by atoms with Crippen molar-refractivity contribution in [3.63, 3.8) is 0 Å². The van der Waals surface area contributed by atoms with Crippen molar-refractivity contribution in [3.8, 4) is 0 Å². The van der Waals surface area contributed by atoms with Crippen molar-refractivity contribution in [2.45, 2.75) is 12.5 Å². The minimum atomic E-state index is -0.522. The summed E-state index contributed by atoms with van der Waals surface area (Å²) < 4.78 is 0. The van der Waals surface area contributed by atoms with Crippen LogP contribution in [0.2, 0.25) is 0 Å². The molecular weight excluding hydrogens is 214 g/mol. The van der Waals surface area contributed by atoms with Gasteiger partial charge in [0.05, 0.1) is 11.6 Å². The number of hydrogen-bond acceptors (Lipinski definition) is 3. The smallest absolute Gasteiger partial charge is 0.237 e. The van der Waals surface area contributed by atoms with Crippen LogP contribution in [0.4, 0.5) is 0 Å². The Hall–Kier alpha value is -1.94. The molecule has 1 aromatic heterocycles. The van der Waals surface area contributed by atoms with Crippen molar-refractivity contribution in [1.29, 1.82) is 0 Å². The van der Waals surface area contributed by atoms with Gasteiger partial charge in [-0.15, -0.1) is 0 Å². The van der Waals surface area contributed by atoms with Gasteiger partial charge < -0.3 is 11.1 Å². The summed E-state index contributed by atoms with van der Waals surface area (Å²) in [5, 5.41) is 3.60. The largest absolute Gasteiger partial charge is 0.358 e. The number of rotatable bonds is 3. The van der Waals surface area contributed by atoms with Gasteiger partial charge in [0.15, 0.2) is 0 Å². The van der Waals surface area contributed by atoms with Crippen LogP contribution in [0.5, 0.6) is 0 Å². The Morgan fingerprint density at radius 3 is 2.94 bits per heavy atom. The molecule has 3 N–H and O–H groups in total. The van der Waals surface area contributed by atoms with Crippen molar-refractivity contribution in [1.82, 2.24) is 10.3 Å². The Bertz CT molecular complexity index is 534. The minimum Gasteiger partial charge on any atom is -0.358 e. The van der Waals surface area contributed by atoms with Crippen LogP contribution < -0.4 is 11.1 Å². The molecule has 0 aliphatic carbocycles. The lowest BCUT2D eigenvalue weighted by atomic mass is 10.0. The van der Waals surface area contributed by atoms with Gasteiger partial charge >= 0.3 is 0 Å². The second kappa shape index (κ2) is 4.93. The molecule has 0 radical (unpaired) electrons. The minimum absolute atomic E-state index is 0.147. The van der Waals surface area contributed by atoms with E-state index in [9.17, 15) is 4.79 Å². The van der Waals surface area contributed by atoms with Gasteiger partial charge in [-0.05, 0) is 24.1 Å². The van der Waals surface area contributed by atoms with Crippen molar-refractivity contribution in [3.05, 3.63) is 42.1 Å². The molecule has 0 saturated heterocycles. The molecule has 4 nitrogen and oxygen atoms in total. The van der Waals surface area contributed by atoms with Crippen molar-refractivity contribution < 1.29 is 4.79 Å². The summed E-state index contributed by atoms with van der Waals surface area (Å²) >= 11 is 0. The molecule has 17 heavy (non-hydrogen) atoms. The van der Waals surface area contributed by atoms with E-state index in [-0.39, 0.29) is 5.91 Å². The summed E-state index contributed by atoms with van der Waals surface area (Å²) in [4.78, 5) is 15.7. The Balaban J connectivity index is 2.33. The van der Waals surface area contributed by atoms with E-state index >= 15 is 0 Å². The summed E-state index contributed by atoms with van der Waals surface area (Å²) in [7, 11) is 1.59. The number of para-hydroxylation sites is 1. The lowest BCUT2D eigenvalue weighted by molar-refractivity contribution is -0.121. The van der Waals surface area contributed by atoms with E-state index in [4.69, 9.17) is 5.73 Å². The Kier molecular flexibility index (Phi) is 3.35. The molecule has 1 atom stereocenters. The number of aromatic nitrogens is 1. The molecule has 0 aliphatic heterocycles. The average molecular weight is 229 g/mol. The number of pyridine rings is 1. The molecule has 1 aromatic carbocycles. The van der Waals surface area contributed by atoms with Crippen molar-refractivity contribution >= 4 is 16.8 Å². The molecule has 0 saturated carbocycles. The van der Waals surface area contributed by atoms with E-state index in [2.05, 4.69) is 10.3 Å². The molecule has 0 spiro atoms. The Labute approximate surface area is 99.8 Å². The van der Waals surface area contributed by atoms with Gasteiger partial charge in [-0.1, -0.05) is 18.2 Å². The number of fused-ring (bicyclic) bond motifs is 1. The number of nitrogens with one attached hydrogen (secondary N) is 1. The highest BCUT2D eigenvalue weighted by molar-refractivity contribution is 5.85. The van der Waals surface area contributed by atoms with Gasteiger partial charge in [0.25, 0.3) is 0 Å². The molecule has 0 fully saturated rings. The van der Waals surface area contributed by atoms with Gasteiger partial charge in [0.2, 0.25) is 5.91 Å². The molecule has 1 heterocycles. The lowest BCUT2D eigenvalue weighted by Gasteiger charge is -2.11. The highest BCUT2D eigenvalue weighted by Crippen LogP contribution is 2.17. The zero-order valence-corrected chi connectivity index (χ0v) is 9.68. The SMILES string of the molecule is CNC(=O)C(N)Cc1ccnc2ccccc12. The van der Waals surface area contributed by atoms with E-state index in [0.717, 1.165) is 16.5 Å². The molecule has 0 aliphatic rings. The van der Waals surface area contributed by atoms with E-state index in [1.807, 2.05) is 30.3 Å². The molecular formula is C13H15N3O. The summed E-state index contributed by atoms with van der Waals surface area (Å²) in [6.45, 7) is 0. The van der Waals surface area contributed by atoms with E-state index in [0.29, 0.717) is 6.42 Å². The average Bonchev–Trinajstić information content (AvgIpc) is 2.38. The third-order valence-electron chi connectivity index (χ3n) is 2.76. The second-order valence-electron chi connectivity index (χ2n) is 3.91. The van der Waals surface area contributed by atoms with Gasteiger partial charge in [-0.25, -0.2) is 0 Å². The van der Waals surface area contributed by atoms with Crippen LogP contribution in [0.25, 0.3) is 10.9 Å². The summed E-state index contributed by atoms with van der Waals surface area (Å²) in [6, 6.07) is 9.23. The van der Waals surface area contributed by atoms with Crippen LogP contribution in [0.3, 0.4) is 0 Å². The maximum Gasteiger partial charge on any atom is 0.237 e. The number of carbonyl (C=O) groups is 1. The van der Waals surface area contributed by atoms with Gasteiger partial charge in [-0.2, -0.15) is 0 Å². The van der Waals surface area contributed by atoms with Crippen molar-refractivity contribution in [2.24, 2.45) is 5.73 Å². The van der Waals surface area contributed by atoms with Crippen LogP contribution in [0.15, 0.2) is 36.5 Å². The summed E-state index contributed by atoms with van der Waals surface area (Å²) in [5.41, 5.74) is 7.79. The predicted octanol–water partition coefficient (Wildman–Crippen LogP) is 0.851. The van der Waals surface area contributed by atoms with E-state index < -0.39 is 6.04 Å². The molecule has 2 aromatic rings. The number of amides is 1. The van der Waals surface area contributed by atoms with Gasteiger partial charge in [0.1, 0.15) is 0 Å². The number of nitrogens with two attached hydrogens (primary N) is 1. The summed E-state index contributed by atoms with van der Waals surface area (Å²) in [5.74, 6) is -0.147. The first kappa shape index (κ1) is 11.5. The van der Waals surface area contributed by atoms with Crippen LogP contribution in [0, 0.1) is 0 Å². The number of benzene rings is 1. The molecule has 0 bridgehead atoms. The van der Waals surface area contributed by atoms with Crippen molar-refractivity contribution in [2.75, 3.05) is 7.05 Å². The molecule has 2 rings (SSSR count). The van der Waals surface area contributed by atoms with Crippen LogP contribution >= 0.6 is 0 Å². The first-order valence-electron chi connectivity index (χ1n) is 5.52. The Morgan fingerprint density at radius 1 is 1.41 bits per heavy atom. The monoisotopic (exact) mass is 229 g/mol. The maximum absolute atomic E-state index is 11.4. The zero-order chi connectivity index (χ0) is 12.3. The fourth-order valence-corrected chi connectivity index (χ4v) is 1.85. The number of likely N-dealkylation sites (N-methyl/N-ethyl adjacent to an activating group) is 1. The third kappa shape index (κ3) is 2.42. The fourth-order valence-electron chi connectivity index (χ4n) is 1.85. The first-order valence-corrected chi connectivity index (χ1v) is 5.52.